The maximum absolute atomic E-state index is 10.4. The van der Waals surface area contributed by atoms with Gasteiger partial charge in [-0.2, -0.15) is 0 Å². The van der Waals surface area contributed by atoms with Crippen LogP contribution in [0.3, 0.4) is 0 Å². The molecule has 0 N–H and O–H groups in total. The van der Waals surface area contributed by atoms with Gasteiger partial charge in [0.15, 0.2) is 0 Å². The predicted molar refractivity (Wildman–Crippen MR) is 117 cm³/mol. The van der Waals surface area contributed by atoms with Crippen molar-refractivity contribution in [2.45, 2.75) is 79.1 Å². The predicted octanol–water partition coefficient (Wildman–Crippen LogP) is 6.78. The molecule has 3 heteroatoms. The lowest BCUT2D eigenvalue weighted by Crippen LogP contribution is -2.12. The third kappa shape index (κ3) is 11.7. The van der Waals surface area contributed by atoms with Gasteiger partial charge < -0.3 is 5.11 Å². The van der Waals surface area contributed by atoms with Gasteiger partial charge in [-0.15, -0.1) is 5.75 Å². The van der Waals surface area contributed by atoms with E-state index < -0.39 is 7.26 Å². The van der Waals surface area contributed by atoms with E-state index in [-0.39, 0.29) is 5.75 Å². The molecule has 0 amide bonds. The second-order valence-electron chi connectivity index (χ2n) is 7.34. The molecule has 0 bridgehead atoms. The number of hydrogen-bond acceptors (Lipinski definition) is 2. The zero-order chi connectivity index (χ0) is 19.7. The normalized spacial score (nSPS) is 10.9. The van der Waals surface area contributed by atoms with Crippen LogP contribution in [-0.4, -0.2) is 30.9 Å². The van der Waals surface area contributed by atoms with Crippen LogP contribution >= 0.6 is 7.26 Å². The summed E-state index contributed by atoms with van der Waals surface area (Å²) in [5.74, 6) is -0.0689. The van der Waals surface area contributed by atoms with Crippen molar-refractivity contribution in [3.63, 3.8) is 0 Å². The SMILES string of the molecule is CCCC[P+](CCCC)(CCCC)CCCC.O=Cc1ccc([O-])cc1. The Morgan fingerprint density at radius 2 is 1.08 bits per heavy atom. The van der Waals surface area contributed by atoms with E-state index in [2.05, 4.69) is 27.7 Å². The smallest absolute Gasteiger partial charge is 0.150 e. The van der Waals surface area contributed by atoms with Gasteiger partial charge in [0.2, 0.25) is 0 Å². The minimum Gasteiger partial charge on any atom is -0.872 e. The lowest BCUT2D eigenvalue weighted by atomic mass is 10.2. The fraction of sp³-hybridized carbons (Fsp3) is 0.696. The summed E-state index contributed by atoms with van der Waals surface area (Å²) in [5, 5.41) is 10.4. The molecule has 0 aliphatic carbocycles. The van der Waals surface area contributed by atoms with Crippen molar-refractivity contribution in [2.24, 2.45) is 0 Å². The van der Waals surface area contributed by atoms with Gasteiger partial charge in [-0.05, 0) is 25.7 Å². The zero-order valence-corrected chi connectivity index (χ0v) is 18.5. The number of carbonyl (C=O) groups is 1. The first-order valence-corrected chi connectivity index (χ1v) is 13.2. The van der Waals surface area contributed by atoms with E-state index in [9.17, 15) is 9.90 Å². The van der Waals surface area contributed by atoms with Crippen LogP contribution in [0.25, 0.3) is 0 Å². The Hall–Kier alpha value is -0.880. The Balaban J connectivity index is 0.000000577. The van der Waals surface area contributed by atoms with Crippen molar-refractivity contribution < 1.29 is 9.90 Å². The minimum absolute atomic E-state index is 0.0689. The van der Waals surface area contributed by atoms with Crippen LogP contribution in [0, 0.1) is 0 Å². The van der Waals surface area contributed by atoms with Crippen molar-refractivity contribution in [2.75, 3.05) is 24.6 Å². The summed E-state index contributed by atoms with van der Waals surface area (Å²) in [7, 11) is -0.562. The van der Waals surface area contributed by atoms with Gasteiger partial charge >= 0.3 is 0 Å². The molecule has 1 rings (SSSR count). The molecular weight excluding hydrogens is 339 g/mol. The maximum Gasteiger partial charge on any atom is 0.150 e. The quantitative estimate of drug-likeness (QED) is 0.279. The summed E-state index contributed by atoms with van der Waals surface area (Å²) in [6.45, 7) is 9.42. The Morgan fingerprint density at radius 3 is 1.35 bits per heavy atom. The third-order valence-corrected chi connectivity index (χ3v) is 10.0. The van der Waals surface area contributed by atoms with E-state index in [1.54, 1.807) is 24.6 Å². The van der Waals surface area contributed by atoms with E-state index in [4.69, 9.17) is 0 Å². The number of benzene rings is 1. The maximum atomic E-state index is 10.4. The highest BCUT2D eigenvalue weighted by Gasteiger charge is 2.34. The van der Waals surface area contributed by atoms with E-state index in [1.807, 2.05) is 0 Å². The first-order chi connectivity index (χ1) is 12.6. The second-order valence-corrected chi connectivity index (χ2v) is 11.8. The Labute approximate surface area is 163 Å². The molecule has 0 saturated heterocycles. The van der Waals surface area contributed by atoms with Crippen LogP contribution in [0.2, 0.25) is 0 Å². The molecule has 0 fully saturated rings. The van der Waals surface area contributed by atoms with Crippen LogP contribution in [0.1, 0.15) is 89.4 Å². The molecule has 0 atom stereocenters. The average molecular weight is 381 g/mol. The van der Waals surface area contributed by atoms with Crippen LogP contribution < -0.4 is 5.11 Å². The molecule has 0 spiro atoms. The van der Waals surface area contributed by atoms with Crippen LogP contribution in [0.4, 0.5) is 0 Å². The summed E-state index contributed by atoms with van der Waals surface area (Å²) in [6, 6.07) is 5.72. The van der Waals surface area contributed by atoms with E-state index in [0.717, 1.165) is 0 Å². The molecule has 0 heterocycles. The standard InChI is InChI=1S/C16H36P.C7H6O2/c1-5-9-13-17(14-10-6-2,15-11-7-3)16-12-8-4;8-5-6-1-3-7(9)4-2-6/h5-16H2,1-4H3;1-5,9H/q+1;/p-1. The average Bonchev–Trinajstić information content (AvgIpc) is 2.68. The van der Waals surface area contributed by atoms with Gasteiger partial charge in [0.05, 0.1) is 24.6 Å². The summed E-state index contributed by atoms with van der Waals surface area (Å²) >= 11 is 0. The number of rotatable bonds is 13. The second kappa shape index (κ2) is 16.3. The highest BCUT2D eigenvalue weighted by Crippen LogP contribution is 2.61. The van der Waals surface area contributed by atoms with Crippen LogP contribution in [0.5, 0.6) is 5.75 Å². The minimum atomic E-state index is -0.562. The van der Waals surface area contributed by atoms with Crippen LogP contribution in [0.15, 0.2) is 24.3 Å². The lowest BCUT2D eigenvalue weighted by Gasteiger charge is -2.28. The van der Waals surface area contributed by atoms with Crippen molar-refractivity contribution in [1.29, 1.82) is 0 Å². The number of unbranched alkanes of at least 4 members (excludes halogenated alkanes) is 4. The van der Waals surface area contributed by atoms with E-state index in [1.165, 1.54) is 75.6 Å². The van der Waals surface area contributed by atoms with Crippen molar-refractivity contribution in [3.05, 3.63) is 29.8 Å². The van der Waals surface area contributed by atoms with Gasteiger partial charge in [-0.3, -0.25) is 4.79 Å². The highest BCUT2D eigenvalue weighted by atomic mass is 31.2. The zero-order valence-electron chi connectivity index (χ0n) is 17.6. The molecule has 150 valence electrons. The molecular formula is C23H41O2P. The molecule has 0 aliphatic heterocycles. The van der Waals surface area contributed by atoms with Gasteiger partial charge in [-0.1, -0.05) is 77.6 Å². The van der Waals surface area contributed by atoms with Gasteiger partial charge in [0.25, 0.3) is 0 Å². The van der Waals surface area contributed by atoms with E-state index in [0.29, 0.717) is 11.8 Å². The first-order valence-electron chi connectivity index (χ1n) is 10.6. The summed E-state index contributed by atoms with van der Waals surface area (Å²) < 4.78 is 0. The van der Waals surface area contributed by atoms with Gasteiger partial charge in [0.1, 0.15) is 6.29 Å². The van der Waals surface area contributed by atoms with Crippen molar-refractivity contribution >= 4 is 13.5 Å². The Bertz CT molecular complexity index is 405. The third-order valence-electron chi connectivity index (χ3n) is 4.96. The van der Waals surface area contributed by atoms with E-state index >= 15 is 0 Å². The molecule has 1 aromatic carbocycles. The topological polar surface area (TPSA) is 40.1 Å². The fourth-order valence-electron chi connectivity index (χ4n) is 3.19. The Kier molecular flexibility index (Phi) is 15.8. The molecule has 0 aliphatic rings. The molecule has 0 saturated carbocycles. The molecule has 0 radical (unpaired) electrons. The summed E-state index contributed by atoms with van der Waals surface area (Å²) in [5.41, 5.74) is 0.537. The van der Waals surface area contributed by atoms with Gasteiger partial charge in [-0.25, -0.2) is 0 Å². The van der Waals surface area contributed by atoms with Crippen molar-refractivity contribution in [1.82, 2.24) is 0 Å². The lowest BCUT2D eigenvalue weighted by molar-refractivity contribution is -0.268. The largest absolute Gasteiger partial charge is 0.872 e. The molecule has 1 aromatic rings. The Morgan fingerprint density at radius 1 is 0.731 bits per heavy atom. The highest BCUT2D eigenvalue weighted by molar-refractivity contribution is 7.75. The van der Waals surface area contributed by atoms with Crippen molar-refractivity contribution in [3.8, 4) is 5.75 Å². The number of hydrogen-bond donors (Lipinski definition) is 0. The fourth-order valence-corrected chi connectivity index (χ4v) is 8.48. The first kappa shape index (κ1) is 25.1. The summed E-state index contributed by atoms with van der Waals surface area (Å²) in [6.07, 6.45) is 18.7. The summed E-state index contributed by atoms with van der Waals surface area (Å²) in [4.78, 5) is 10.0. The van der Waals surface area contributed by atoms with Crippen LogP contribution in [-0.2, 0) is 0 Å². The molecule has 0 unspecified atom stereocenters. The van der Waals surface area contributed by atoms with Gasteiger partial charge in [0, 0.05) is 12.8 Å². The number of carbonyl (C=O) groups excluding carboxylic acids is 1. The number of aldehydes is 1. The monoisotopic (exact) mass is 380 g/mol. The molecule has 26 heavy (non-hydrogen) atoms. The molecule has 0 aromatic heterocycles. The molecule has 2 nitrogen and oxygen atoms in total.